The third-order valence-corrected chi connectivity index (χ3v) is 3.08. The van der Waals surface area contributed by atoms with Crippen LogP contribution in [0, 0.1) is 5.92 Å². The van der Waals surface area contributed by atoms with Crippen molar-refractivity contribution < 1.29 is 4.74 Å². The maximum Gasteiger partial charge on any atom is 0.0468 e. The lowest BCUT2D eigenvalue weighted by molar-refractivity contribution is 0.0600. The number of hydrogen-bond donors (Lipinski definition) is 2. The third-order valence-electron chi connectivity index (χ3n) is 3.08. The zero-order chi connectivity index (χ0) is 8.93. The fourth-order valence-corrected chi connectivity index (χ4v) is 2.26. The Bertz CT molecular complexity index is 132. The normalized spacial score (nSPS) is 27.6. The Morgan fingerprint density at radius 3 is 2.40 bits per heavy atom. The van der Waals surface area contributed by atoms with Crippen LogP contribution in [0.4, 0.5) is 0 Å². The van der Waals surface area contributed by atoms with Gasteiger partial charge in [-0.25, -0.2) is 0 Å². The maximum atomic E-state index is 5.35. The molecule has 15 heavy (non-hydrogen) atoms. The van der Waals surface area contributed by atoms with Crippen molar-refractivity contribution in [1.82, 2.24) is 10.6 Å². The number of rotatable bonds is 2. The van der Waals surface area contributed by atoms with Crippen molar-refractivity contribution in [2.75, 3.05) is 32.8 Å². The van der Waals surface area contributed by atoms with Crippen molar-refractivity contribution in [2.24, 2.45) is 5.92 Å². The summed E-state index contributed by atoms with van der Waals surface area (Å²) in [6.07, 6.45) is 3.85. The summed E-state index contributed by atoms with van der Waals surface area (Å²) in [5.74, 6) is 0.895. The fourth-order valence-electron chi connectivity index (χ4n) is 2.26. The van der Waals surface area contributed by atoms with Crippen molar-refractivity contribution >= 4 is 24.8 Å². The maximum absolute atomic E-state index is 5.35. The van der Waals surface area contributed by atoms with E-state index >= 15 is 0 Å². The third kappa shape index (κ3) is 5.36. The van der Waals surface area contributed by atoms with Crippen molar-refractivity contribution in [1.29, 1.82) is 0 Å². The lowest BCUT2D eigenvalue weighted by atomic mass is 9.92. The van der Waals surface area contributed by atoms with Gasteiger partial charge >= 0.3 is 0 Å². The van der Waals surface area contributed by atoms with Gasteiger partial charge in [-0.2, -0.15) is 0 Å². The minimum absolute atomic E-state index is 0. The van der Waals surface area contributed by atoms with Crippen LogP contribution in [0.3, 0.4) is 0 Å². The van der Waals surface area contributed by atoms with Gasteiger partial charge in [-0.05, 0) is 25.2 Å². The summed E-state index contributed by atoms with van der Waals surface area (Å²) in [5.41, 5.74) is 0. The van der Waals surface area contributed by atoms with Gasteiger partial charge in [-0.1, -0.05) is 0 Å². The van der Waals surface area contributed by atoms with Crippen LogP contribution in [0.25, 0.3) is 0 Å². The Morgan fingerprint density at radius 1 is 1.07 bits per heavy atom. The van der Waals surface area contributed by atoms with Crippen LogP contribution in [0.15, 0.2) is 0 Å². The van der Waals surface area contributed by atoms with Gasteiger partial charge in [0.25, 0.3) is 0 Å². The van der Waals surface area contributed by atoms with E-state index in [4.69, 9.17) is 4.74 Å². The van der Waals surface area contributed by atoms with E-state index in [-0.39, 0.29) is 24.8 Å². The first-order chi connectivity index (χ1) is 6.45. The van der Waals surface area contributed by atoms with Crippen LogP contribution < -0.4 is 10.6 Å². The van der Waals surface area contributed by atoms with Crippen LogP contribution in [0.2, 0.25) is 0 Å². The number of ether oxygens (including phenoxy) is 1. The fraction of sp³-hybridized carbons (Fsp3) is 1.00. The van der Waals surface area contributed by atoms with Crippen LogP contribution in [0.1, 0.15) is 19.3 Å². The molecule has 1 atom stereocenters. The summed E-state index contributed by atoms with van der Waals surface area (Å²) in [5, 5.41) is 6.99. The summed E-state index contributed by atoms with van der Waals surface area (Å²) in [6.45, 7) is 5.37. The number of halogens is 2. The Balaban J connectivity index is 0.000000980. The molecule has 0 aromatic rings. The van der Waals surface area contributed by atoms with Crippen LogP contribution in [-0.2, 0) is 4.74 Å². The lowest BCUT2D eigenvalue weighted by Gasteiger charge is -2.30. The number of hydrogen-bond acceptors (Lipinski definition) is 3. The predicted octanol–water partition coefficient (Wildman–Crippen LogP) is 1.21. The molecule has 2 N–H and O–H groups in total. The molecular weight excluding hydrogens is 235 g/mol. The molecule has 0 unspecified atom stereocenters. The van der Waals surface area contributed by atoms with Crippen LogP contribution in [0.5, 0.6) is 0 Å². The highest BCUT2D eigenvalue weighted by Gasteiger charge is 2.20. The molecule has 3 nitrogen and oxygen atoms in total. The Morgan fingerprint density at radius 2 is 1.80 bits per heavy atom. The van der Waals surface area contributed by atoms with E-state index in [0.29, 0.717) is 6.04 Å². The smallest absolute Gasteiger partial charge is 0.0468 e. The first-order valence-electron chi connectivity index (χ1n) is 5.47. The van der Waals surface area contributed by atoms with Crippen molar-refractivity contribution in [2.45, 2.75) is 25.3 Å². The molecule has 2 fully saturated rings. The molecule has 0 aliphatic carbocycles. The first-order valence-corrected chi connectivity index (χ1v) is 5.47. The number of piperazine rings is 1. The van der Waals surface area contributed by atoms with Gasteiger partial charge in [0, 0.05) is 38.9 Å². The quantitative estimate of drug-likeness (QED) is 0.780. The second-order valence-corrected chi connectivity index (χ2v) is 4.15. The van der Waals surface area contributed by atoms with Crippen LogP contribution >= 0.6 is 24.8 Å². The molecule has 2 heterocycles. The van der Waals surface area contributed by atoms with Crippen LogP contribution in [-0.4, -0.2) is 38.9 Å². The van der Waals surface area contributed by atoms with E-state index in [1.54, 1.807) is 0 Å². The molecule has 0 aromatic carbocycles. The molecule has 0 amide bonds. The predicted molar refractivity (Wildman–Crippen MR) is 67.3 cm³/mol. The second-order valence-electron chi connectivity index (χ2n) is 4.15. The summed E-state index contributed by atoms with van der Waals surface area (Å²) >= 11 is 0. The molecule has 2 aliphatic heterocycles. The summed E-state index contributed by atoms with van der Waals surface area (Å²) in [6, 6.07) is 0.705. The minimum Gasteiger partial charge on any atom is -0.381 e. The van der Waals surface area contributed by atoms with Crippen molar-refractivity contribution in [3.63, 3.8) is 0 Å². The van der Waals surface area contributed by atoms with Gasteiger partial charge in [0.2, 0.25) is 0 Å². The van der Waals surface area contributed by atoms with E-state index in [1.807, 2.05) is 0 Å². The zero-order valence-corrected chi connectivity index (χ0v) is 10.7. The van der Waals surface area contributed by atoms with Crippen molar-refractivity contribution in [3.05, 3.63) is 0 Å². The monoisotopic (exact) mass is 256 g/mol. The average Bonchev–Trinajstić information content (AvgIpc) is 2.21. The second kappa shape index (κ2) is 8.59. The lowest BCUT2D eigenvalue weighted by Crippen LogP contribution is -2.49. The van der Waals surface area contributed by atoms with Gasteiger partial charge in [0.15, 0.2) is 0 Å². The molecule has 2 rings (SSSR count). The van der Waals surface area contributed by atoms with Gasteiger partial charge in [-0.3, -0.25) is 0 Å². The van der Waals surface area contributed by atoms with Gasteiger partial charge in [-0.15, -0.1) is 24.8 Å². The summed E-state index contributed by atoms with van der Waals surface area (Å²) in [7, 11) is 0. The Hall–Kier alpha value is 0.460. The van der Waals surface area contributed by atoms with E-state index in [0.717, 1.165) is 38.8 Å². The topological polar surface area (TPSA) is 33.3 Å². The molecule has 92 valence electrons. The molecule has 5 heteroatoms. The largest absolute Gasteiger partial charge is 0.381 e. The molecule has 0 aromatic heterocycles. The van der Waals surface area contributed by atoms with E-state index in [9.17, 15) is 0 Å². The minimum atomic E-state index is 0. The van der Waals surface area contributed by atoms with E-state index in [2.05, 4.69) is 10.6 Å². The summed E-state index contributed by atoms with van der Waals surface area (Å²) < 4.78 is 5.35. The molecular formula is C10H22Cl2N2O. The van der Waals surface area contributed by atoms with Gasteiger partial charge < -0.3 is 15.4 Å². The Kier molecular flexibility index (Phi) is 8.86. The molecule has 2 aliphatic rings. The molecule has 0 spiro atoms. The van der Waals surface area contributed by atoms with Gasteiger partial charge in [0.05, 0.1) is 0 Å². The van der Waals surface area contributed by atoms with Crippen molar-refractivity contribution in [3.8, 4) is 0 Å². The number of nitrogens with one attached hydrogen (secondary N) is 2. The molecule has 0 bridgehead atoms. The first kappa shape index (κ1) is 15.5. The average molecular weight is 257 g/mol. The zero-order valence-electron chi connectivity index (χ0n) is 9.04. The SMILES string of the molecule is C1CN[C@@H](CC2CCOCC2)CN1.Cl.Cl. The van der Waals surface area contributed by atoms with E-state index < -0.39 is 0 Å². The highest BCUT2D eigenvalue weighted by molar-refractivity contribution is 5.85. The standard InChI is InChI=1S/C10H20N2O.2ClH/c1-5-13-6-2-9(1)7-10-8-11-3-4-12-10;;/h9-12H,1-8H2;2*1H/t10-;;/m0../s1. The highest BCUT2D eigenvalue weighted by Crippen LogP contribution is 2.20. The molecule has 0 saturated carbocycles. The molecule has 2 saturated heterocycles. The Labute approximate surface area is 105 Å². The van der Waals surface area contributed by atoms with E-state index in [1.165, 1.54) is 19.3 Å². The van der Waals surface area contributed by atoms with Gasteiger partial charge in [0.1, 0.15) is 0 Å². The summed E-state index contributed by atoms with van der Waals surface area (Å²) in [4.78, 5) is 0. The highest BCUT2D eigenvalue weighted by atomic mass is 35.5. The molecule has 0 radical (unpaired) electrons.